The van der Waals surface area contributed by atoms with E-state index in [9.17, 15) is 0 Å². The quantitative estimate of drug-likeness (QED) is 0.368. The fourth-order valence-corrected chi connectivity index (χ4v) is 1.84. The highest BCUT2D eigenvalue weighted by Crippen LogP contribution is 2.49. The van der Waals surface area contributed by atoms with Gasteiger partial charge >= 0.3 is 0 Å². The zero-order valence-corrected chi connectivity index (χ0v) is 6.71. The van der Waals surface area contributed by atoms with Gasteiger partial charge in [0.15, 0.2) is 0 Å². The Morgan fingerprint density at radius 1 is 1.73 bits per heavy atom. The highest BCUT2D eigenvalue weighted by Gasteiger charge is 2.45. The van der Waals surface area contributed by atoms with E-state index in [1.807, 2.05) is 6.08 Å². The standard InChI is InChI=1S/C9H14N2/c1-2-5-10-11-9-4-3-7-6-8(7)9/h2,7-8,10H,1,3-6H2/b11-9-/t7-,8+/m0/s1. The van der Waals surface area contributed by atoms with Crippen molar-refractivity contribution in [2.45, 2.75) is 19.3 Å². The molecule has 2 heteroatoms. The molecule has 0 unspecified atom stereocenters. The predicted octanol–water partition coefficient (Wildman–Crippen LogP) is 1.55. The molecule has 2 nitrogen and oxygen atoms in total. The third kappa shape index (κ3) is 1.30. The number of nitrogens with zero attached hydrogens (tertiary/aromatic N) is 1. The SMILES string of the molecule is C=CCN/N=C1/CC[C@H]2C[C@@H]12. The molecule has 11 heavy (non-hydrogen) atoms. The minimum atomic E-state index is 0.793. The van der Waals surface area contributed by atoms with Crippen LogP contribution in [0.4, 0.5) is 0 Å². The van der Waals surface area contributed by atoms with Gasteiger partial charge in [0.1, 0.15) is 0 Å². The maximum absolute atomic E-state index is 4.33. The van der Waals surface area contributed by atoms with Crippen molar-refractivity contribution in [3.63, 3.8) is 0 Å². The van der Waals surface area contributed by atoms with Crippen LogP contribution in [-0.4, -0.2) is 12.3 Å². The first-order valence-corrected chi connectivity index (χ1v) is 4.32. The van der Waals surface area contributed by atoms with Gasteiger partial charge in [-0.3, -0.25) is 0 Å². The van der Waals surface area contributed by atoms with Gasteiger partial charge in [0.05, 0.1) is 6.54 Å². The van der Waals surface area contributed by atoms with Crippen LogP contribution in [0.5, 0.6) is 0 Å². The summed E-state index contributed by atoms with van der Waals surface area (Å²) in [6, 6.07) is 0. The van der Waals surface area contributed by atoms with Crippen molar-refractivity contribution in [2.75, 3.05) is 6.54 Å². The summed E-state index contributed by atoms with van der Waals surface area (Å²) in [5.74, 6) is 1.85. The van der Waals surface area contributed by atoms with Crippen LogP contribution in [0.1, 0.15) is 19.3 Å². The van der Waals surface area contributed by atoms with Crippen LogP contribution >= 0.6 is 0 Å². The molecule has 0 aliphatic heterocycles. The first-order chi connectivity index (χ1) is 5.42. The molecule has 1 N–H and O–H groups in total. The average molecular weight is 150 g/mol. The van der Waals surface area contributed by atoms with E-state index in [0.29, 0.717) is 0 Å². The summed E-state index contributed by atoms with van der Waals surface area (Å²) < 4.78 is 0. The van der Waals surface area contributed by atoms with E-state index in [2.05, 4.69) is 17.1 Å². The fourth-order valence-electron chi connectivity index (χ4n) is 1.84. The van der Waals surface area contributed by atoms with Crippen LogP contribution in [0, 0.1) is 11.8 Å². The Kier molecular flexibility index (Phi) is 1.68. The normalized spacial score (nSPS) is 36.9. The molecule has 2 rings (SSSR count). The number of hydrazone groups is 1. The van der Waals surface area contributed by atoms with Gasteiger partial charge in [0, 0.05) is 11.6 Å². The van der Waals surface area contributed by atoms with E-state index in [-0.39, 0.29) is 0 Å². The van der Waals surface area contributed by atoms with Gasteiger partial charge in [0.25, 0.3) is 0 Å². The lowest BCUT2D eigenvalue weighted by atomic mass is 10.2. The topological polar surface area (TPSA) is 24.4 Å². The summed E-state index contributed by atoms with van der Waals surface area (Å²) in [4.78, 5) is 0. The first-order valence-electron chi connectivity index (χ1n) is 4.32. The van der Waals surface area contributed by atoms with E-state index >= 15 is 0 Å². The summed E-state index contributed by atoms with van der Waals surface area (Å²) in [6.07, 6.45) is 5.83. The lowest BCUT2D eigenvalue weighted by Gasteiger charge is -1.98. The van der Waals surface area contributed by atoms with Crippen LogP contribution in [-0.2, 0) is 0 Å². The number of nitrogens with one attached hydrogen (secondary N) is 1. The van der Waals surface area contributed by atoms with E-state index in [0.717, 1.165) is 18.4 Å². The van der Waals surface area contributed by atoms with Gasteiger partial charge in [-0.2, -0.15) is 5.10 Å². The molecule has 2 aliphatic rings. The van der Waals surface area contributed by atoms with E-state index < -0.39 is 0 Å². The van der Waals surface area contributed by atoms with Crippen LogP contribution in [0.3, 0.4) is 0 Å². The Morgan fingerprint density at radius 2 is 2.64 bits per heavy atom. The van der Waals surface area contributed by atoms with Crippen molar-refractivity contribution in [3.05, 3.63) is 12.7 Å². The van der Waals surface area contributed by atoms with E-state index in [1.165, 1.54) is 25.0 Å². The molecule has 0 bridgehead atoms. The van der Waals surface area contributed by atoms with Gasteiger partial charge in [-0.15, -0.1) is 6.58 Å². The summed E-state index contributed by atoms with van der Waals surface area (Å²) in [6.45, 7) is 4.42. The number of rotatable bonds is 3. The predicted molar refractivity (Wildman–Crippen MR) is 46.5 cm³/mol. The largest absolute Gasteiger partial charge is 0.306 e. The number of hydrogen-bond donors (Lipinski definition) is 1. The van der Waals surface area contributed by atoms with Crippen molar-refractivity contribution >= 4 is 5.71 Å². The van der Waals surface area contributed by atoms with Crippen LogP contribution in [0.2, 0.25) is 0 Å². The molecule has 0 heterocycles. The summed E-state index contributed by atoms with van der Waals surface area (Å²) in [5.41, 5.74) is 4.40. The lowest BCUT2D eigenvalue weighted by Crippen LogP contribution is -2.09. The Morgan fingerprint density at radius 3 is 3.18 bits per heavy atom. The maximum atomic E-state index is 4.33. The highest BCUT2D eigenvalue weighted by atomic mass is 15.3. The third-order valence-electron chi connectivity index (χ3n) is 2.58. The molecule has 0 saturated heterocycles. The molecule has 2 saturated carbocycles. The smallest absolute Gasteiger partial charge is 0.0507 e. The second kappa shape index (κ2) is 2.68. The Labute approximate surface area is 67.4 Å². The minimum absolute atomic E-state index is 0.793. The second-order valence-corrected chi connectivity index (χ2v) is 3.40. The van der Waals surface area contributed by atoms with Crippen LogP contribution < -0.4 is 5.43 Å². The number of fused-ring (bicyclic) bond motifs is 1. The average Bonchev–Trinajstić information content (AvgIpc) is 2.70. The van der Waals surface area contributed by atoms with Gasteiger partial charge in [0.2, 0.25) is 0 Å². The molecule has 0 aromatic heterocycles. The van der Waals surface area contributed by atoms with Gasteiger partial charge < -0.3 is 5.43 Å². The summed E-state index contributed by atoms with van der Waals surface area (Å²) in [7, 11) is 0. The Bertz CT molecular complexity index is 196. The van der Waals surface area contributed by atoms with Crippen molar-refractivity contribution in [3.8, 4) is 0 Å². The summed E-state index contributed by atoms with van der Waals surface area (Å²) >= 11 is 0. The molecule has 0 aromatic carbocycles. The van der Waals surface area contributed by atoms with Crippen molar-refractivity contribution in [1.29, 1.82) is 0 Å². The zero-order chi connectivity index (χ0) is 7.68. The molecule has 2 aliphatic carbocycles. The second-order valence-electron chi connectivity index (χ2n) is 3.40. The monoisotopic (exact) mass is 150 g/mol. The molecule has 2 atom stereocenters. The Balaban J connectivity index is 1.83. The minimum Gasteiger partial charge on any atom is -0.306 e. The molecule has 2 fully saturated rings. The molecule has 0 amide bonds. The maximum Gasteiger partial charge on any atom is 0.0507 e. The van der Waals surface area contributed by atoms with Gasteiger partial charge in [-0.25, -0.2) is 0 Å². The molecule has 0 radical (unpaired) electrons. The van der Waals surface area contributed by atoms with Crippen LogP contribution in [0.25, 0.3) is 0 Å². The lowest BCUT2D eigenvalue weighted by molar-refractivity contribution is 0.787. The third-order valence-corrected chi connectivity index (χ3v) is 2.58. The van der Waals surface area contributed by atoms with Crippen molar-refractivity contribution in [1.82, 2.24) is 5.43 Å². The summed E-state index contributed by atoms with van der Waals surface area (Å²) in [5, 5.41) is 4.33. The fraction of sp³-hybridized carbons (Fsp3) is 0.667. The van der Waals surface area contributed by atoms with Crippen LogP contribution in [0.15, 0.2) is 17.8 Å². The molecule has 0 aromatic rings. The van der Waals surface area contributed by atoms with E-state index in [1.54, 1.807) is 0 Å². The molecular formula is C9H14N2. The molecule has 0 spiro atoms. The highest BCUT2D eigenvalue weighted by molar-refractivity contribution is 5.91. The molecule has 60 valence electrons. The van der Waals surface area contributed by atoms with E-state index in [4.69, 9.17) is 0 Å². The first kappa shape index (κ1) is 6.89. The van der Waals surface area contributed by atoms with Crippen molar-refractivity contribution < 1.29 is 0 Å². The number of hydrogen-bond acceptors (Lipinski definition) is 2. The van der Waals surface area contributed by atoms with Gasteiger partial charge in [-0.1, -0.05) is 6.08 Å². The molecular weight excluding hydrogens is 136 g/mol. The van der Waals surface area contributed by atoms with Gasteiger partial charge in [-0.05, 0) is 25.2 Å². The zero-order valence-electron chi connectivity index (χ0n) is 6.71. The van der Waals surface area contributed by atoms with Crippen molar-refractivity contribution in [2.24, 2.45) is 16.9 Å². The Hall–Kier alpha value is -0.790.